The highest BCUT2D eigenvalue weighted by atomic mass is 16.4. The van der Waals surface area contributed by atoms with E-state index in [9.17, 15) is 24.0 Å². The van der Waals surface area contributed by atoms with Crippen molar-refractivity contribution < 1.29 is 24.3 Å². The van der Waals surface area contributed by atoms with Gasteiger partial charge in [-0.25, -0.2) is 0 Å². The van der Waals surface area contributed by atoms with Crippen molar-refractivity contribution in [3.63, 3.8) is 0 Å². The molecular formula is C30H36N4O6. The van der Waals surface area contributed by atoms with Crippen molar-refractivity contribution in [2.75, 3.05) is 5.32 Å². The third-order valence-corrected chi connectivity index (χ3v) is 6.39. The van der Waals surface area contributed by atoms with Crippen molar-refractivity contribution in [1.82, 2.24) is 15.6 Å². The van der Waals surface area contributed by atoms with Gasteiger partial charge in [0.15, 0.2) is 0 Å². The molecule has 3 aromatic rings. The number of aryl methyl sites for hydroxylation is 1. The number of anilines is 1. The topological polar surface area (TPSA) is 157 Å². The van der Waals surface area contributed by atoms with Crippen LogP contribution in [0.2, 0.25) is 0 Å². The van der Waals surface area contributed by atoms with Crippen LogP contribution in [0.1, 0.15) is 50.7 Å². The van der Waals surface area contributed by atoms with Gasteiger partial charge in [0.05, 0.1) is 5.52 Å². The number of hydrogen-bond donors (Lipinski definition) is 5. The van der Waals surface area contributed by atoms with Crippen LogP contribution in [0, 0.1) is 12.8 Å². The number of carboxylic acids is 1. The van der Waals surface area contributed by atoms with Gasteiger partial charge in [0.1, 0.15) is 12.1 Å². The molecule has 0 unspecified atom stereocenters. The highest BCUT2D eigenvalue weighted by molar-refractivity contribution is 6.02. The summed E-state index contributed by atoms with van der Waals surface area (Å²) in [5.74, 6) is -2.61. The van der Waals surface area contributed by atoms with E-state index < -0.39 is 35.8 Å². The SMILES string of the molecule is Cc1cc(=O)[nH]c2cc(N[C@@H](Cc3ccccc3)C(=O)NC(=O)[C@H](CC(C)C)NC(=O)CCCC(=O)O)ccc12. The molecule has 40 heavy (non-hydrogen) atoms. The Morgan fingerprint density at radius 1 is 0.925 bits per heavy atom. The van der Waals surface area contributed by atoms with E-state index in [-0.39, 0.29) is 37.2 Å². The van der Waals surface area contributed by atoms with E-state index in [1.165, 1.54) is 6.07 Å². The number of hydrogen-bond acceptors (Lipinski definition) is 6. The van der Waals surface area contributed by atoms with Gasteiger partial charge in [-0.15, -0.1) is 0 Å². The molecule has 10 nitrogen and oxygen atoms in total. The second kappa shape index (κ2) is 14.1. The molecule has 0 aliphatic carbocycles. The molecule has 2 aromatic carbocycles. The van der Waals surface area contributed by atoms with Crippen LogP contribution in [0.4, 0.5) is 5.69 Å². The zero-order chi connectivity index (χ0) is 29.2. The van der Waals surface area contributed by atoms with Crippen LogP contribution in [0.25, 0.3) is 10.9 Å². The minimum Gasteiger partial charge on any atom is -0.481 e. The Bertz CT molecular complexity index is 1420. The largest absolute Gasteiger partial charge is 0.481 e. The molecular weight excluding hydrogens is 512 g/mol. The lowest BCUT2D eigenvalue weighted by molar-refractivity contribution is -0.138. The second-order valence-electron chi connectivity index (χ2n) is 10.3. The number of rotatable bonds is 13. The minimum atomic E-state index is -1.00. The highest BCUT2D eigenvalue weighted by Gasteiger charge is 2.27. The number of aromatic amines is 1. The molecule has 0 radical (unpaired) electrons. The quantitative estimate of drug-likeness (QED) is 0.219. The van der Waals surface area contributed by atoms with E-state index in [1.54, 1.807) is 12.1 Å². The fourth-order valence-corrected chi connectivity index (χ4v) is 4.45. The molecule has 2 atom stereocenters. The Labute approximate surface area is 232 Å². The summed E-state index contributed by atoms with van der Waals surface area (Å²) >= 11 is 0. The third kappa shape index (κ3) is 9.07. The van der Waals surface area contributed by atoms with Gasteiger partial charge in [-0.05, 0) is 48.9 Å². The molecule has 1 aromatic heterocycles. The average Bonchev–Trinajstić information content (AvgIpc) is 2.87. The second-order valence-corrected chi connectivity index (χ2v) is 10.3. The number of amides is 3. The van der Waals surface area contributed by atoms with Crippen molar-refractivity contribution >= 4 is 40.3 Å². The molecule has 0 saturated carbocycles. The zero-order valence-electron chi connectivity index (χ0n) is 23.0. The molecule has 5 N–H and O–H groups in total. The van der Waals surface area contributed by atoms with Gasteiger partial charge in [0, 0.05) is 36.4 Å². The fraction of sp³-hybridized carbons (Fsp3) is 0.367. The number of nitrogens with one attached hydrogen (secondary N) is 4. The van der Waals surface area contributed by atoms with Crippen LogP contribution in [0.5, 0.6) is 0 Å². The summed E-state index contributed by atoms with van der Waals surface area (Å²) in [4.78, 5) is 64.5. The van der Waals surface area contributed by atoms with Gasteiger partial charge in [-0.1, -0.05) is 50.2 Å². The van der Waals surface area contributed by atoms with Crippen molar-refractivity contribution in [3.8, 4) is 0 Å². The number of aromatic nitrogens is 1. The molecule has 1 heterocycles. The summed E-state index contributed by atoms with van der Waals surface area (Å²) in [5, 5.41) is 18.0. The standard InChI is InChI=1S/C30H36N4O6/c1-18(2)14-24(33-26(35)10-7-11-28(37)38)29(39)34-30(40)25(16-20-8-5-4-6-9-20)31-21-12-13-22-19(3)15-27(36)32-23(22)17-21/h4-6,8-9,12-13,15,17-18,24-25,31H,7,10-11,14,16H2,1-3H3,(H,32,36)(H,33,35)(H,37,38)(H,34,39,40)/t24-,25-/m0/s1. The van der Waals surface area contributed by atoms with E-state index >= 15 is 0 Å². The van der Waals surface area contributed by atoms with Gasteiger partial charge >= 0.3 is 5.97 Å². The Balaban J connectivity index is 1.79. The number of pyridine rings is 1. The molecule has 0 saturated heterocycles. The first-order valence-corrected chi connectivity index (χ1v) is 13.3. The Morgan fingerprint density at radius 2 is 1.62 bits per heavy atom. The summed E-state index contributed by atoms with van der Waals surface area (Å²) in [7, 11) is 0. The van der Waals surface area contributed by atoms with Gasteiger partial charge in [-0.2, -0.15) is 0 Å². The highest BCUT2D eigenvalue weighted by Crippen LogP contribution is 2.20. The van der Waals surface area contributed by atoms with Crippen LogP contribution < -0.4 is 21.5 Å². The van der Waals surface area contributed by atoms with Gasteiger partial charge in [0.25, 0.3) is 0 Å². The number of aliphatic carboxylic acids is 1. The van der Waals surface area contributed by atoms with Crippen molar-refractivity contribution in [1.29, 1.82) is 0 Å². The summed E-state index contributed by atoms with van der Waals surface area (Å²) in [6.07, 6.45) is 0.540. The molecule has 10 heteroatoms. The molecule has 0 bridgehead atoms. The van der Waals surface area contributed by atoms with Crippen molar-refractivity contribution in [2.45, 2.75) is 65.0 Å². The Hall–Kier alpha value is -4.47. The maximum Gasteiger partial charge on any atom is 0.303 e. The number of carbonyl (C=O) groups is 4. The van der Waals surface area contributed by atoms with Crippen LogP contribution in [0.3, 0.4) is 0 Å². The predicted molar refractivity (Wildman–Crippen MR) is 153 cm³/mol. The molecule has 0 aliphatic rings. The molecule has 0 aliphatic heterocycles. The number of carboxylic acid groups (broad SMARTS) is 1. The van der Waals surface area contributed by atoms with E-state index in [4.69, 9.17) is 5.11 Å². The first-order valence-electron chi connectivity index (χ1n) is 13.3. The Morgan fingerprint density at radius 3 is 2.30 bits per heavy atom. The molecule has 3 rings (SSSR count). The van der Waals surface area contributed by atoms with Crippen molar-refractivity contribution in [2.24, 2.45) is 5.92 Å². The minimum absolute atomic E-state index is 0.0379. The van der Waals surface area contributed by atoms with Gasteiger partial charge < -0.3 is 20.7 Å². The number of H-pyrrole nitrogens is 1. The smallest absolute Gasteiger partial charge is 0.303 e. The zero-order valence-corrected chi connectivity index (χ0v) is 23.0. The van der Waals surface area contributed by atoms with E-state index in [2.05, 4.69) is 20.9 Å². The Kier molecular flexibility index (Phi) is 10.6. The molecule has 3 amide bonds. The first kappa shape index (κ1) is 30.1. The normalized spacial score (nSPS) is 12.5. The lowest BCUT2D eigenvalue weighted by atomic mass is 10.0. The monoisotopic (exact) mass is 548 g/mol. The molecule has 0 fully saturated rings. The van der Waals surface area contributed by atoms with Gasteiger partial charge in [0.2, 0.25) is 23.3 Å². The maximum atomic E-state index is 13.4. The number of fused-ring (bicyclic) bond motifs is 1. The average molecular weight is 549 g/mol. The lowest BCUT2D eigenvalue weighted by Gasteiger charge is -2.23. The first-order chi connectivity index (χ1) is 19.0. The summed E-state index contributed by atoms with van der Waals surface area (Å²) in [6, 6.07) is 14.5. The number of benzene rings is 2. The fourth-order valence-electron chi connectivity index (χ4n) is 4.45. The summed E-state index contributed by atoms with van der Waals surface area (Å²) < 4.78 is 0. The number of imide groups is 1. The van der Waals surface area contributed by atoms with E-state index in [0.717, 1.165) is 16.5 Å². The van der Waals surface area contributed by atoms with Crippen LogP contribution in [-0.4, -0.2) is 45.9 Å². The van der Waals surface area contributed by atoms with Gasteiger partial charge in [-0.3, -0.25) is 29.3 Å². The van der Waals surface area contributed by atoms with E-state index in [0.29, 0.717) is 17.6 Å². The predicted octanol–water partition coefficient (Wildman–Crippen LogP) is 3.29. The molecule has 212 valence electrons. The maximum absolute atomic E-state index is 13.4. The van der Waals surface area contributed by atoms with Crippen LogP contribution in [-0.2, 0) is 25.6 Å². The van der Waals surface area contributed by atoms with E-state index in [1.807, 2.05) is 57.2 Å². The summed E-state index contributed by atoms with van der Waals surface area (Å²) in [6.45, 7) is 5.63. The van der Waals surface area contributed by atoms with Crippen LogP contribution >= 0.6 is 0 Å². The third-order valence-electron chi connectivity index (χ3n) is 6.39. The van der Waals surface area contributed by atoms with Crippen LogP contribution in [0.15, 0.2) is 59.4 Å². The lowest BCUT2D eigenvalue weighted by Crippen LogP contribution is -2.52. The molecule has 0 spiro atoms. The summed E-state index contributed by atoms with van der Waals surface area (Å²) in [5.41, 5.74) is 2.68. The van der Waals surface area contributed by atoms with Crippen molar-refractivity contribution in [3.05, 3.63) is 76.1 Å². The number of carbonyl (C=O) groups excluding carboxylic acids is 3.